The van der Waals surface area contributed by atoms with E-state index in [4.69, 9.17) is 9.47 Å². The zero-order valence-electron chi connectivity index (χ0n) is 6.50. The summed E-state index contributed by atoms with van der Waals surface area (Å²) in [6.45, 7) is 2.30. The average molecular weight is 267 g/mol. The van der Waals surface area contributed by atoms with Crippen molar-refractivity contribution >= 4 is 22.9 Å². The molecule has 3 nitrogen and oxygen atoms in total. The predicted octanol–water partition coefficient (Wildman–Crippen LogP) is 1.98. The highest BCUT2D eigenvalue weighted by Gasteiger charge is 2.02. The van der Waals surface area contributed by atoms with Gasteiger partial charge in [-0.2, -0.15) is 0 Å². The maximum absolute atomic E-state index is 5.26. The van der Waals surface area contributed by atoms with Crippen LogP contribution in [0.3, 0.4) is 0 Å². The lowest BCUT2D eigenvalue weighted by atomic mass is 10.4. The van der Waals surface area contributed by atoms with Crippen LogP contribution >= 0.6 is 22.9 Å². The van der Waals surface area contributed by atoms with E-state index in [9.17, 15) is 0 Å². The van der Waals surface area contributed by atoms with Crippen molar-refractivity contribution in [3.63, 3.8) is 0 Å². The first-order valence-electron chi connectivity index (χ1n) is 3.21. The van der Waals surface area contributed by atoms with Gasteiger partial charge < -0.3 is 9.47 Å². The van der Waals surface area contributed by atoms with Crippen molar-refractivity contribution < 1.29 is 9.47 Å². The first-order valence-corrected chi connectivity index (χ1v) is 4.18. The molecule has 0 bridgehead atoms. The minimum absolute atomic E-state index is 0.307. The van der Waals surface area contributed by atoms with E-state index in [1.54, 1.807) is 7.11 Å². The van der Waals surface area contributed by atoms with Crippen molar-refractivity contribution in [2.24, 2.45) is 0 Å². The predicted molar refractivity (Wildman–Crippen MR) is 51.1 cm³/mol. The first kappa shape index (κ1) is 8.86. The van der Waals surface area contributed by atoms with Gasteiger partial charge in [0.05, 0.1) is 28.6 Å². The number of aromatic nitrogens is 1. The number of nitrogens with zero attached hydrogens (tertiary/aromatic N) is 1. The second-order valence-corrected chi connectivity index (χ2v) is 3.17. The Balaban J connectivity index is 2.63. The molecule has 1 heterocycles. The van der Waals surface area contributed by atoms with Crippen LogP contribution in [-0.2, 0) is 4.74 Å². The van der Waals surface area contributed by atoms with Gasteiger partial charge >= 0.3 is 0 Å². The number of rotatable bonds is 3. The Morgan fingerprint density at radius 3 is 2.82 bits per heavy atom. The van der Waals surface area contributed by atoms with Crippen LogP contribution < -0.4 is 4.74 Å². The van der Waals surface area contributed by atoms with Crippen LogP contribution in [0.25, 0.3) is 0 Å². The zero-order chi connectivity index (χ0) is 8.27. The third kappa shape index (κ3) is 2.10. The molecule has 62 valence electrons. The summed E-state index contributed by atoms with van der Waals surface area (Å²) in [5.74, 6) is 0.876. The number of methoxy groups -OCH3 is 1. The molecular weight excluding hydrogens is 257 g/mol. The fourth-order valence-corrected chi connectivity index (χ4v) is 1.14. The van der Waals surface area contributed by atoms with E-state index < -0.39 is 0 Å². The summed E-state index contributed by atoms with van der Waals surface area (Å²) < 4.78 is 12.0. The average Bonchev–Trinajstić information content (AvgIpc) is 2.31. The van der Waals surface area contributed by atoms with Crippen molar-refractivity contribution in [2.75, 3.05) is 13.9 Å². The molecule has 0 aromatic carbocycles. The minimum Gasteiger partial charge on any atom is -0.466 e. The van der Waals surface area contributed by atoms with Crippen LogP contribution in [-0.4, -0.2) is 16.7 Å². The molecule has 0 aliphatic heterocycles. The Bertz CT molecular complexity index is 234. The van der Waals surface area contributed by atoms with Crippen molar-refractivity contribution in [2.45, 2.75) is 6.92 Å². The molecule has 0 amide bonds. The number of hydrogen-bond donors (Lipinski definition) is 0. The number of hydrogen-bond acceptors (Lipinski definition) is 2. The lowest BCUT2D eigenvalue weighted by Gasteiger charge is -2.02. The summed E-state index contributed by atoms with van der Waals surface area (Å²) in [5, 5.41) is 0. The summed E-state index contributed by atoms with van der Waals surface area (Å²) in [6, 6.07) is 1.92. The molecule has 0 aliphatic rings. The molecule has 0 radical (unpaired) electrons. The monoisotopic (exact) mass is 267 g/mol. The fourth-order valence-electron chi connectivity index (χ4n) is 0.746. The van der Waals surface area contributed by atoms with Crippen molar-refractivity contribution in [1.29, 1.82) is 0 Å². The van der Waals surface area contributed by atoms with E-state index in [1.165, 1.54) is 0 Å². The van der Waals surface area contributed by atoms with Crippen molar-refractivity contribution in [3.05, 3.63) is 18.0 Å². The Kier molecular flexibility index (Phi) is 3.19. The molecule has 11 heavy (non-hydrogen) atoms. The summed E-state index contributed by atoms with van der Waals surface area (Å²) >= 11 is 2.19. The maximum atomic E-state index is 5.26. The van der Waals surface area contributed by atoms with Gasteiger partial charge in [0.15, 0.2) is 6.79 Å². The summed E-state index contributed by atoms with van der Waals surface area (Å²) in [4.78, 5) is 0. The van der Waals surface area contributed by atoms with E-state index >= 15 is 0 Å². The van der Waals surface area contributed by atoms with Gasteiger partial charge in [-0.15, -0.1) is 0 Å². The zero-order valence-corrected chi connectivity index (χ0v) is 8.66. The van der Waals surface area contributed by atoms with Crippen LogP contribution in [0.2, 0.25) is 0 Å². The molecule has 0 unspecified atom stereocenters. The lowest BCUT2D eigenvalue weighted by Crippen LogP contribution is -1.99. The van der Waals surface area contributed by atoms with E-state index in [0.29, 0.717) is 6.79 Å². The largest absolute Gasteiger partial charge is 0.466 e. The van der Waals surface area contributed by atoms with Crippen LogP contribution in [0.5, 0.6) is 5.75 Å². The standard InChI is InChI=1S/C7H10INO2/c1-6-7(11-5-10-2)3-4-9(6)8/h3-4H,5H2,1-2H3. The number of halogens is 1. The maximum Gasteiger partial charge on any atom is 0.188 e. The molecule has 0 fully saturated rings. The number of ether oxygens (including phenoxy) is 2. The van der Waals surface area contributed by atoms with Crippen LogP contribution in [0.1, 0.15) is 5.69 Å². The molecule has 0 atom stereocenters. The SMILES string of the molecule is COCOc1ccn(I)c1C. The highest BCUT2D eigenvalue weighted by atomic mass is 127. The summed E-state index contributed by atoms with van der Waals surface area (Å²) in [6.07, 6.45) is 1.95. The third-order valence-corrected chi connectivity index (χ3v) is 2.41. The quantitative estimate of drug-likeness (QED) is 0.617. The van der Waals surface area contributed by atoms with Crippen molar-refractivity contribution in [3.8, 4) is 5.75 Å². The Labute approximate surface area is 79.8 Å². The van der Waals surface area contributed by atoms with Crippen LogP contribution in [0.4, 0.5) is 0 Å². The topological polar surface area (TPSA) is 23.4 Å². The van der Waals surface area contributed by atoms with Gasteiger partial charge in [-0.3, -0.25) is 2.78 Å². The molecule has 0 saturated heterocycles. The molecular formula is C7H10INO2. The third-order valence-electron chi connectivity index (χ3n) is 1.37. The first-order chi connectivity index (χ1) is 5.25. The van der Waals surface area contributed by atoms with Gasteiger partial charge in [0, 0.05) is 13.3 Å². The Morgan fingerprint density at radius 2 is 2.36 bits per heavy atom. The van der Waals surface area contributed by atoms with E-state index in [1.807, 2.05) is 22.0 Å². The smallest absolute Gasteiger partial charge is 0.188 e. The van der Waals surface area contributed by atoms with E-state index in [0.717, 1.165) is 11.4 Å². The van der Waals surface area contributed by atoms with Gasteiger partial charge in [-0.25, -0.2) is 0 Å². The van der Waals surface area contributed by atoms with Gasteiger partial charge in [0.1, 0.15) is 5.75 Å². The van der Waals surface area contributed by atoms with Gasteiger partial charge in [-0.1, -0.05) is 0 Å². The fraction of sp³-hybridized carbons (Fsp3) is 0.429. The summed E-state index contributed by atoms with van der Waals surface area (Å²) in [7, 11) is 1.61. The van der Waals surface area contributed by atoms with Crippen LogP contribution in [0, 0.1) is 6.92 Å². The molecule has 0 N–H and O–H groups in total. The minimum atomic E-state index is 0.307. The molecule has 4 heteroatoms. The van der Waals surface area contributed by atoms with Gasteiger partial charge in [0.2, 0.25) is 0 Å². The molecule has 0 spiro atoms. The molecule has 1 aromatic rings. The Hall–Kier alpha value is -0.230. The van der Waals surface area contributed by atoms with E-state index in [2.05, 4.69) is 22.9 Å². The molecule has 0 aliphatic carbocycles. The molecule has 1 rings (SSSR count). The Morgan fingerprint density at radius 1 is 1.64 bits per heavy atom. The van der Waals surface area contributed by atoms with Gasteiger partial charge in [-0.05, 0) is 13.0 Å². The second kappa shape index (κ2) is 3.96. The normalized spacial score (nSPS) is 10.1. The van der Waals surface area contributed by atoms with E-state index in [-0.39, 0.29) is 0 Å². The van der Waals surface area contributed by atoms with Gasteiger partial charge in [0.25, 0.3) is 0 Å². The summed E-state index contributed by atoms with van der Waals surface area (Å²) in [5.41, 5.74) is 1.10. The van der Waals surface area contributed by atoms with Crippen molar-refractivity contribution in [1.82, 2.24) is 2.78 Å². The molecule has 1 aromatic heterocycles. The lowest BCUT2D eigenvalue weighted by molar-refractivity contribution is 0.0507. The second-order valence-electron chi connectivity index (χ2n) is 2.13. The molecule has 0 saturated carbocycles. The van der Waals surface area contributed by atoms with Crippen LogP contribution in [0.15, 0.2) is 12.3 Å². The highest BCUT2D eigenvalue weighted by Crippen LogP contribution is 2.20. The highest BCUT2D eigenvalue weighted by molar-refractivity contribution is 14.1.